The number of fused-ring (bicyclic) bond motifs is 1. The molecule has 1 aromatic carbocycles. The number of carbonyl (C=O) groups excluding carboxylic acids is 1. The summed E-state index contributed by atoms with van der Waals surface area (Å²) in [4.78, 5) is 26.6. The Kier molecular flexibility index (Phi) is 5.42. The molecule has 2 unspecified atom stereocenters. The minimum Gasteiger partial charge on any atom is -0.480 e. The number of H-pyrrole nitrogens is 1. The Morgan fingerprint density at radius 1 is 1.35 bits per heavy atom. The summed E-state index contributed by atoms with van der Waals surface area (Å²) in [5, 5.41) is 13.0. The maximum atomic E-state index is 12.1. The van der Waals surface area contributed by atoms with E-state index in [0.29, 0.717) is 12.8 Å². The number of nitrogens with one attached hydrogen (secondary N) is 2. The molecule has 0 aliphatic rings. The number of carboxylic acid groups (broad SMARTS) is 1. The predicted molar refractivity (Wildman–Crippen MR) is 90.4 cm³/mol. The summed E-state index contributed by atoms with van der Waals surface area (Å²) >= 11 is 0. The Hall–Kier alpha value is -2.30. The second-order valence-electron chi connectivity index (χ2n) is 6.08. The van der Waals surface area contributed by atoms with E-state index >= 15 is 0 Å². The van der Waals surface area contributed by atoms with Gasteiger partial charge in [-0.15, -0.1) is 0 Å². The molecule has 0 radical (unpaired) electrons. The lowest BCUT2D eigenvalue weighted by Gasteiger charge is -2.20. The van der Waals surface area contributed by atoms with Crippen LogP contribution in [0.25, 0.3) is 10.9 Å². The third-order valence-corrected chi connectivity index (χ3v) is 4.43. The summed E-state index contributed by atoms with van der Waals surface area (Å²) < 4.78 is 0. The minimum atomic E-state index is -0.976. The van der Waals surface area contributed by atoms with Crippen LogP contribution in [0.5, 0.6) is 0 Å². The zero-order valence-electron chi connectivity index (χ0n) is 13.8. The summed E-state index contributed by atoms with van der Waals surface area (Å²) in [5.41, 5.74) is 3.33. The molecular weight excluding hydrogens is 292 g/mol. The Balaban J connectivity index is 2.00. The number of carboxylic acids is 1. The maximum Gasteiger partial charge on any atom is 0.326 e. The standard InChI is InChI=1S/C18H24N2O3/c1-4-11(2)17(18(22)23)20-15(21)9-8-13-10-19-16-12(3)6-5-7-14(13)16/h5-7,10-11,17,19H,4,8-9H2,1-3H3,(H,20,21)(H,22,23). The molecule has 0 spiro atoms. The van der Waals surface area contributed by atoms with Gasteiger partial charge in [-0.2, -0.15) is 0 Å². The zero-order valence-corrected chi connectivity index (χ0v) is 13.8. The summed E-state index contributed by atoms with van der Waals surface area (Å²) in [6.45, 7) is 5.79. The highest BCUT2D eigenvalue weighted by Crippen LogP contribution is 2.22. The zero-order chi connectivity index (χ0) is 17.0. The van der Waals surface area contributed by atoms with E-state index in [1.54, 1.807) is 0 Å². The number of amides is 1. The number of para-hydroxylation sites is 1. The Labute approximate surface area is 136 Å². The first kappa shape index (κ1) is 17.1. The van der Waals surface area contributed by atoms with Gasteiger partial charge in [-0.1, -0.05) is 38.5 Å². The van der Waals surface area contributed by atoms with Crippen molar-refractivity contribution >= 4 is 22.8 Å². The van der Waals surface area contributed by atoms with Crippen LogP contribution in [0.4, 0.5) is 0 Å². The molecule has 124 valence electrons. The van der Waals surface area contributed by atoms with Gasteiger partial charge in [0.1, 0.15) is 6.04 Å². The number of carbonyl (C=O) groups is 2. The van der Waals surface area contributed by atoms with Crippen molar-refractivity contribution in [3.05, 3.63) is 35.5 Å². The number of aryl methyl sites for hydroxylation is 2. The van der Waals surface area contributed by atoms with Crippen molar-refractivity contribution in [1.29, 1.82) is 0 Å². The van der Waals surface area contributed by atoms with E-state index in [-0.39, 0.29) is 18.2 Å². The average Bonchev–Trinajstić information content (AvgIpc) is 2.94. The van der Waals surface area contributed by atoms with Crippen molar-refractivity contribution in [2.45, 2.75) is 46.1 Å². The van der Waals surface area contributed by atoms with Crippen LogP contribution in [-0.2, 0) is 16.0 Å². The van der Waals surface area contributed by atoms with Gasteiger partial charge < -0.3 is 15.4 Å². The molecule has 2 rings (SSSR count). The highest BCUT2D eigenvalue weighted by atomic mass is 16.4. The van der Waals surface area contributed by atoms with Crippen LogP contribution in [0.2, 0.25) is 0 Å². The van der Waals surface area contributed by atoms with Crippen molar-refractivity contribution in [3.8, 4) is 0 Å². The van der Waals surface area contributed by atoms with E-state index in [9.17, 15) is 14.7 Å². The fourth-order valence-electron chi connectivity index (χ4n) is 2.75. The van der Waals surface area contributed by atoms with E-state index in [4.69, 9.17) is 0 Å². The molecule has 23 heavy (non-hydrogen) atoms. The predicted octanol–water partition coefficient (Wildman–Crippen LogP) is 3.02. The van der Waals surface area contributed by atoms with Crippen LogP contribution in [0.15, 0.2) is 24.4 Å². The second kappa shape index (κ2) is 7.31. The molecule has 0 fully saturated rings. The van der Waals surface area contributed by atoms with Crippen molar-refractivity contribution in [1.82, 2.24) is 10.3 Å². The Morgan fingerprint density at radius 3 is 2.74 bits per heavy atom. The van der Waals surface area contributed by atoms with Gasteiger partial charge in [0.2, 0.25) is 5.91 Å². The third kappa shape index (κ3) is 3.92. The van der Waals surface area contributed by atoms with Crippen molar-refractivity contribution in [2.24, 2.45) is 5.92 Å². The number of hydrogen-bond donors (Lipinski definition) is 3. The van der Waals surface area contributed by atoms with Gasteiger partial charge in [-0.05, 0) is 30.4 Å². The third-order valence-electron chi connectivity index (χ3n) is 4.43. The van der Waals surface area contributed by atoms with E-state index in [0.717, 1.165) is 16.5 Å². The van der Waals surface area contributed by atoms with Gasteiger partial charge in [0, 0.05) is 23.5 Å². The Bertz CT molecular complexity index is 705. The number of hydrogen-bond acceptors (Lipinski definition) is 2. The number of benzene rings is 1. The molecule has 0 aliphatic carbocycles. The van der Waals surface area contributed by atoms with Gasteiger partial charge in [-0.25, -0.2) is 4.79 Å². The summed E-state index contributed by atoms with van der Waals surface area (Å²) in [5.74, 6) is -1.29. The first-order valence-corrected chi connectivity index (χ1v) is 8.01. The van der Waals surface area contributed by atoms with Crippen LogP contribution in [0.1, 0.15) is 37.8 Å². The Morgan fingerprint density at radius 2 is 2.09 bits per heavy atom. The van der Waals surface area contributed by atoms with Crippen LogP contribution < -0.4 is 5.32 Å². The molecule has 0 bridgehead atoms. The molecule has 3 N–H and O–H groups in total. The van der Waals surface area contributed by atoms with Gasteiger partial charge in [-0.3, -0.25) is 4.79 Å². The quantitative estimate of drug-likeness (QED) is 0.734. The summed E-state index contributed by atoms with van der Waals surface area (Å²) in [6, 6.07) is 5.25. The lowest BCUT2D eigenvalue weighted by Crippen LogP contribution is -2.45. The molecule has 2 aromatic rings. The van der Waals surface area contributed by atoms with Gasteiger partial charge in [0.15, 0.2) is 0 Å². The molecule has 2 atom stereocenters. The van der Waals surface area contributed by atoms with E-state index in [2.05, 4.69) is 10.3 Å². The average molecular weight is 316 g/mol. The lowest BCUT2D eigenvalue weighted by molar-refractivity contribution is -0.143. The molecule has 5 heteroatoms. The normalized spacial score (nSPS) is 13.7. The summed E-state index contributed by atoms with van der Waals surface area (Å²) in [7, 11) is 0. The number of aromatic nitrogens is 1. The highest BCUT2D eigenvalue weighted by Gasteiger charge is 2.25. The second-order valence-corrected chi connectivity index (χ2v) is 6.08. The van der Waals surface area contributed by atoms with Gasteiger partial charge in [0.25, 0.3) is 0 Å². The number of rotatable bonds is 7. The fourth-order valence-corrected chi connectivity index (χ4v) is 2.75. The van der Waals surface area contributed by atoms with Gasteiger partial charge in [0.05, 0.1) is 0 Å². The van der Waals surface area contributed by atoms with Crippen molar-refractivity contribution in [3.63, 3.8) is 0 Å². The molecule has 0 saturated heterocycles. The number of aromatic amines is 1. The van der Waals surface area contributed by atoms with Crippen molar-refractivity contribution in [2.75, 3.05) is 0 Å². The molecule has 5 nitrogen and oxygen atoms in total. The molecule has 0 saturated carbocycles. The molecule has 1 aromatic heterocycles. The fraction of sp³-hybridized carbons (Fsp3) is 0.444. The van der Waals surface area contributed by atoms with Crippen LogP contribution in [-0.4, -0.2) is 28.0 Å². The van der Waals surface area contributed by atoms with Crippen LogP contribution in [0.3, 0.4) is 0 Å². The highest BCUT2D eigenvalue weighted by molar-refractivity contribution is 5.87. The molecular formula is C18H24N2O3. The number of aliphatic carboxylic acids is 1. The van der Waals surface area contributed by atoms with Crippen molar-refractivity contribution < 1.29 is 14.7 Å². The molecule has 0 aliphatic heterocycles. The smallest absolute Gasteiger partial charge is 0.326 e. The molecule has 1 heterocycles. The van der Waals surface area contributed by atoms with E-state index in [1.165, 1.54) is 5.56 Å². The topological polar surface area (TPSA) is 82.2 Å². The monoisotopic (exact) mass is 316 g/mol. The molecule has 1 amide bonds. The minimum absolute atomic E-state index is 0.0906. The largest absolute Gasteiger partial charge is 0.480 e. The SMILES string of the molecule is CCC(C)C(NC(=O)CCc1c[nH]c2c(C)cccc12)C(=O)O. The van der Waals surface area contributed by atoms with Crippen LogP contribution >= 0.6 is 0 Å². The van der Waals surface area contributed by atoms with Gasteiger partial charge >= 0.3 is 5.97 Å². The summed E-state index contributed by atoms with van der Waals surface area (Å²) in [6.07, 6.45) is 3.50. The van der Waals surface area contributed by atoms with Crippen LogP contribution in [0, 0.1) is 12.8 Å². The first-order valence-electron chi connectivity index (χ1n) is 8.01. The van der Waals surface area contributed by atoms with E-state index in [1.807, 2.05) is 45.2 Å². The first-order chi connectivity index (χ1) is 10.9. The van der Waals surface area contributed by atoms with E-state index < -0.39 is 12.0 Å². The lowest BCUT2D eigenvalue weighted by atomic mass is 9.99. The maximum absolute atomic E-state index is 12.1.